The van der Waals surface area contributed by atoms with Gasteiger partial charge in [-0.2, -0.15) is 0 Å². The molecule has 0 atom stereocenters. The van der Waals surface area contributed by atoms with Gasteiger partial charge in [-0.15, -0.1) is 6.58 Å². The summed E-state index contributed by atoms with van der Waals surface area (Å²) in [4.78, 5) is 50.8. The van der Waals surface area contributed by atoms with Crippen molar-refractivity contribution in [2.24, 2.45) is 17.8 Å². The molecule has 1 N–H and O–H groups in total. The molecule has 0 unspecified atom stereocenters. The van der Waals surface area contributed by atoms with Gasteiger partial charge in [0.05, 0.1) is 16.7 Å². The highest BCUT2D eigenvalue weighted by atomic mass is 16.5. The molecule has 0 saturated heterocycles. The first kappa shape index (κ1) is 20.0. The standard InChI is InChI=1S/C24H26N2O5/c1-2-5-26-21(28)18-4-3-17(9-19(18)22(26)29)23(30)31-13-20(27)25-24-10-14-6-15(11-24)8-16(7-14)12-24/h2-4,9,14-16H,1,5-8,10-13H2,(H,25,27). The van der Waals surface area contributed by atoms with Crippen LogP contribution in [0.25, 0.3) is 0 Å². The Morgan fingerprint density at radius 3 is 2.29 bits per heavy atom. The van der Waals surface area contributed by atoms with Crippen molar-refractivity contribution < 1.29 is 23.9 Å². The fourth-order valence-corrected chi connectivity index (χ4v) is 6.52. The third kappa shape index (κ3) is 3.46. The van der Waals surface area contributed by atoms with Gasteiger partial charge in [-0.25, -0.2) is 4.79 Å². The molecule has 162 valence electrons. The van der Waals surface area contributed by atoms with Gasteiger partial charge in [0.2, 0.25) is 0 Å². The minimum atomic E-state index is -0.689. The van der Waals surface area contributed by atoms with E-state index in [4.69, 9.17) is 4.74 Å². The molecule has 4 fully saturated rings. The Labute approximate surface area is 180 Å². The average molecular weight is 422 g/mol. The first-order chi connectivity index (χ1) is 14.9. The van der Waals surface area contributed by atoms with E-state index in [0.717, 1.165) is 24.2 Å². The summed E-state index contributed by atoms with van der Waals surface area (Å²) >= 11 is 0. The minimum Gasteiger partial charge on any atom is -0.452 e. The van der Waals surface area contributed by atoms with E-state index in [-0.39, 0.29) is 41.3 Å². The molecule has 1 aromatic rings. The van der Waals surface area contributed by atoms with E-state index < -0.39 is 17.8 Å². The number of carbonyl (C=O) groups excluding carboxylic acids is 4. The molecule has 3 amide bonds. The fraction of sp³-hybridized carbons (Fsp3) is 0.500. The predicted octanol–water partition coefficient (Wildman–Crippen LogP) is 2.71. The van der Waals surface area contributed by atoms with Gasteiger partial charge >= 0.3 is 5.97 Å². The van der Waals surface area contributed by atoms with Crippen molar-refractivity contribution in [2.45, 2.75) is 44.1 Å². The highest BCUT2D eigenvalue weighted by Gasteiger charge is 2.51. The van der Waals surface area contributed by atoms with Gasteiger partial charge < -0.3 is 10.1 Å². The lowest BCUT2D eigenvalue weighted by molar-refractivity contribution is -0.130. The Hall–Kier alpha value is -2.96. The number of esters is 1. The SMILES string of the molecule is C=CCN1C(=O)c2ccc(C(=O)OCC(=O)NC34CC5CC(CC(C5)C3)C4)cc2C1=O. The van der Waals surface area contributed by atoms with E-state index in [1.54, 1.807) is 0 Å². The zero-order valence-corrected chi connectivity index (χ0v) is 17.4. The Balaban J connectivity index is 1.21. The molecule has 7 heteroatoms. The summed E-state index contributed by atoms with van der Waals surface area (Å²) in [6, 6.07) is 4.25. The first-order valence-electron chi connectivity index (χ1n) is 11.0. The van der Waals surface area contributed by atoms with Crippen LogP contribution in [-0.4, -0.2) is 47.3 Å². The van der Waals surface area contributed by atoms with Crippen LogP contribution in [0.4, 0.5) is 0 Å². The number of nitrogens with zero attached hydrogens (tertiary/aromatic N) is 1. The maximum atomic E-state index is 12.6. The van der Waals surface area contributed by atoms with Crippen molar-refractivity contribution in [1.82, 2.24) is 10.2 Å². The van der Waals surface area contributed by atoms with E-state index in [0.29, 0.717) is 17.8 Å². The molecule has 4 aliphatic carbocycles. The molecule has 1 aliphatic heterocycles. The number of nitrogens with one attached hydrogen (secondary N) is 1. The number of imide groups is 1. The van der Waals surface area contributed by atoms with Crippen LogP contribution in [0.5, 0.6) is 0 Å². The second-order valence-electron chi connectivity index (χ2n) is 9.59. The van der Waals surface area contributed by atoms with Gasteiger partial charge in [0.15, 0.2) is 6.61 Å². The largest absolute Gasteiger partial charge is 0.452 e. The molecule has 4 bridgehead atoms. The summed E-state index contributed by atoms with van der Waals surface area (Å²) in [5, 5.41) is 3.17. The molecular formula is C24H26N2O5. The van der Waals surface area contributed by atoms with Crippen LogP contribution in [0, 0.1) is 17.8 Å². The number of ether oxygens (including phenoxy) is 1. The Kier molecular flexibility index (Phi) is 4.72. The Morgan fingerprint density at radius 1 is 1.06 bits per heavy atom. The van der Waals surface area contributed by atoms with Crippen LogP contribution >= 0.6 is 0 Å². The van der Waals surface area contributed by atoms with Crippen molar-refractivity contribution in [3.05, 3.63) is 47.5 Å². The van der Waals surface area contributed by atoms with Crippen LogP contribution in [-0.2, 0) is 9.53 Å². The average Bonchev–Trinajstić information content (AvgIpc) is 2.95. The molecule has 0 spiro atoms. The number of hydrogen-bond donors (Lipinski definition) is 1. The predicted molar refractivity (Wildman–Crippen MR) is 111 cm³/mol. The van der Waals surface area contributed by atoms with Crippen molar-refractivity contribution in [3.8, 4) is 0 Å². The summed E-state index contributed by atoms with van der Waals surface area (Å²) in [6.07, 6.45) is 8.41. The number of amides is 3. The summed E-state index contributed by atoms with van der Waals surface area (Å²) in [5.41, 5.74) is 0.429. The normalized spacial score (nSPS) is 30.3. The maximum absolute atomic E-state index is 12.6. The summed E-state index contributed by atoms with van der Waals surface area (Å²) in [6.45, 7) is 3.31. The second-order valence-corrected chi connectivity index (χ2v) is 9.59. The third-order valence-electron chi connectivity index (χ3n) is 7.30. The third-order valence-corrected chi connectivity index (χ3v) is 7.30. The van der Waals surface area contributed by atoms with E-state index in [2.05, 4.69) is 11.9 Å². The summed E-state index contributed by atoms with van der Waals surface area (Å²) < 4.78 is 5.22. The van der Waals surface area contributed by atoms with Crippen LogP contribution in [0.2, 0.25) is 0 Å². The lowest BCUT2D eigenvalue weighted by Gasteiger charge is -2.56. The molecule has 1 heterocycles. The molecule has 5 aliphatic rings. The van der Waals surface area contributed by atoms with Crippen molar-refractivity contribution in [3.63, 3.8) is 0 Å². The number of rotatable bonds is 6. The van der Waals surface area contributed by atoms with Gasteiger partial charge in [-0.05, 0) is 74.5 Å². The fourth-order valence-electron chi connectivity index (χ4n) is 6.52. The topological polar surface area (TPSA) is 92.8 Å². The lowest BCUT2D eigenvalue weighted by atomic mass is 9.53. The zero-order chi connectivity index (χ0) is 21.8. The van der Waals surface area contributed by atoms with E-state index in [1.807, 2.05) is 0 Å². The number of benzene rings is 1. The van der Waals surface area contributed by atoms with Crippen LogP contribution < -0.4 is 5.32 Å². The molecule has 0 aromatic heterocycles. The first-order valence-corrected chi connectivity index (χ1v) is 11.0. The maximum Gasteiger partial charge on any atom is 0.338 e. The summed E-state index contributed by atoms with van der Waals surface area (Å²) in [7, 11) is 0. The van der Waals surface area contributed by atoms with Gasteiger partial charge in [0.25, 0.3) is 17.7 Å². The van der Waals surface area contributed by atoms with Crippen LogP contribution in [0.15, 0.2) is 30.9 Å². The van der Waals surface area contributed by atoms with Crippen LogP contribution in [0.1, 0.15) is 69.6 Å². The van der Waals surface area contributed by atoms with Gasteiger partial charge in [-0.3, -0.25) is 19.3 Å². The smallest absolute Gasteiger partial charge is 0.338 e. The molecule has 1 aromatic carbocycles. The minimum absolute atomic E-state index is 0.108. The molecule has 31 heavy (non-hydrogen) atoms. The van der Waals surface area contributed by atoms with Gasteiger partial charge in [0.1, 0.15) is 0 Å². The number of carbonyl (C=O) groups is 4. The second kappa shape index (κ2) is 7.32. The highest BCUT2D eigenvalue weighted by Crippen LogP contribution is 2.55. The van der Waals surface area contributed by atoms with Gasteiger partial charge in [-0.1, -0.05) is 6.08 Å². The summed E-state index contributed by atoms with van der Waals surface area (Å²) in [5.74, 6) is 0.291. The lowest BCUT2D eigenvalue weighted by Crippen LogP contribution is -2.60. The molecule has 6 rings (SSSR count). The van der Waals surface area contributed by atoms with E-state index >= 15 is 0 Å². The Morgan fingerprint density at radius 2 is 1.68 bits per heavy atom. The van der Waals surface area contributed by atoms with E-state index in [9.17, 15) is 19.2 Å². The van der Waals surface area contributed by atoms with Crippen molar-refractivity contribution in [2.75, 3.05) is 13.2 Å². The zero-order valence-electron chi connectivity index (χ0n) is 17.4. The molecule has 7 nitrogen and oxygen atoms in total. The Bertz CT molecular complexity index is 962. The quantitative estimate of drug-likeness (QED) is 0.432. The van der Waals surface area contributed by atoms with Gasteiger partial charge in [0, 0.05) is 12.1 Å². The number of hydrogen-bond acceptors (Lipinski definition) is 5. The highest BCUT2D eigenvalue weighted by molar-refractivity contribution is 6.22. The van der Waals surface area contributed by atoms with E-state index in [1.165, 1.54) is 43.5 Å². The number of fused-ring (bicyclic) bond motifs is 1. The van der Waals surface area contributed by atoms with Crippen molar-refractivity contribution in [1.29, 1.82) is 0 Å². The molecule has 4 saturated carbocycles. The van der Waals surface area contributed by atoms with Crippen LogP contribution in [0.3, 0.4) is 0 Å². The van der Waals surface area contributed by atoms with Crippen molar-refractivity contribution >= 4 is 23.7 Å². The molecular weight excluding hydrogens is 396 g/mol. The monoisotopic (exact) mass is 422 g/mol. The molecule has 0 radical (unpaired) electrons.